The number of nitrogen functional groups attached to an aromatic ring is 1. The SMILES string of the molecule is COc1ccc(-c2ccncc2N)cc1Br. The number of halogens is 1. The zero-order valence-corrected chi connectivity index (χ0v) is 10.4. The second-order valence-corrected chi connectivity index (χ2v) is 4.17. The van der Waals surface area contributed by atoms with Crippen LogP contribution in [0.15, 0.2) is 41.1 Å². The highest BCUT2D eigenvalue weighted by atomic mass is 79.9. The van der Waals surface area contributed by atoms with Crippen molar-refractivity contribution in [3.05, 3.63) is 41.1 Å². The van der Waals surface area contributed by atoms with Gasteiger partial charge >= 0.3 is 0 Å². The van der Waals surface area contributed by atoms with Crippen LogP contribution in [0.1, 0.15) is 0 Å². The maximum absolute atomic E-state index is 5.86. The quantitative estimate of drug-likeness (QED) is 0.918. The zero-order chi connectivity index (χ0) is 11.5. The molecule has 0 aliphatic heterocycles. The number of nitrogens with zero attached hydrogens (tertiary/aromatic N) is 1. The molecule has 2 aromatic rings. The number of anilines is 1. The lowest BCUT2D eigenvalue weighted by molar-refractivity contribution is 0.412. The number of aromatic nitrogens is 1. The number of methoxy groups -OCH3 is 1. The van der Waals surface area contributed by atoms with E-state index in [9.17, 15) is 0 Å². The summed E-state index contributed by atoms with van der Waals surface area (Å²) in [5, 5.41) is 0. The van der Waals surface area contributed by atoms with Crippen LogP contribution in [0.5, 0.6) is 5.75 Å². The fraction of sp³-hybridized carbons (Fsp3) is 0.0833. The van der Waals surface area contributed by atoms with Crippen LogP contribution in [0.2, 0.25) is 0 Å². The van der Waals surface area contributed by atoms with Crippen molar-refractivity contribution >= 4 is 21.6 Å². The predicted octanol–water partition coefficient (Wildman–Crippen LogP) is 3.10. The molecule has 0 unspecified atom stereocenters. The van der Waals surface area contributed by atoms with Crippen LogP contribution >= 0.6 is 15.9 Å². The highest BCUT2D eigenvalue weighted by Gasteiger charge is 2.05. The van der Waals surface area contributed by atoms with E-state index in [4.69, 9.17) is 10.5 Å². The van der Waals surface area contributed by atoms with Crippen LogP contribution in [-0.4, -0.2) is 12.1 Å². The van der Waals surface area contributed by atoms with Gasteiger partial charge in [0.1, 0.15) is 5.75 Å². The lowest BCUT2D eigenvalue weighted by Gasteiger charge is -2.08. The van der Waals surface area contributed by atoms with Crippen LogP contribution in [0.3, 0.4) is 0 Å². The van der Waals surface area contributed by atoms with Crippen LogP contribution < -0.4 is 10.5 Å². The van der Waals surface area contributed by atoms with Crippen molar-refractivity contribution in [3.8, 4) is 16.9 Å². The van der Waals surface area contributed by atoms with Gasteiger partial charge in [-0.05, 0) is 39.7 Å². The standard InChI is InChI=1S/C12H11BrN2O/c1-16-12-3-2-8(6-10(12)13)9-4-5-15-7-11(9)14/h2-7H,14H2,1H3. The molecule has 1 aromatic heterocycles. The number of pyridine rings is 1. The summed E-state index contributed by atoms with van der Waals surface area (Å²) in [5.74, 6) is 0.802. The molecule has 0 bridgehead atoms. The molecule has 0 atom stereocenters. The summed E-state index contributed by atoms with van der Waals surface area (Å²) >= 11 is 3.45. The molecule has 4 heteroatoms. The van der Waals surface area contributed by atoms with E-state index < -0.39 is 0 Å². The Morgan fingerprint density at radius 1 is 1.31 bits per heavy atom. The summed E-state index contributed by atoms with van der Waals surface area (Å²) < 4.78 is 6.08. The number of hydrogen-bond donors (Lipinski definition) is 1. The van der Waals surface area contributed by atoms with Crippen molar-refractivity contribution < 1.29 is 4.74 Å². The van der Waals surface area contributed by atoms with Crippen molar-refractivity contribution in [2.75, 3.05) is 12.8 Å². The fourth-order valence-corrected chi connectivity index (χ4v) is 2.04. The van der Waals surface area contributed by atoms with Crippen molar-refractivity contribution in [2.45, 2.75) is 0 Å². The van der Waals surface area contributed by atoms with Gasteiger partial charge in [-0.15, -0.1) is 0 Å². The van der Waals surface area contributed by atoms with E-state index in [0.717, 1.165) is 21.3 Å². The molecule has 0 radical (unpaired) electrons. The molecule has 0 amide bonds. The topological polar surface area (TPSA) is 48.1 Å². The van der Waals surface area contributed by atoms with E-state index >= 15 is 0 Å². The first-order valence-electron chi connectivity index (χ1n) is 4.76. The van der Waals surface area contributed by atoms with Gasteiger partial charge in [0.2, 0.25) is 0 Å². The summed E-state index contributed by atoms with van der Waals surface area (Å²) in [6.45, 7) is 0. The molecular weight excluding hydrogens is 268 g/mol. The fourth-order valence-electron chi connectivity index (χ4n) is 1.50. The Kier molecular flexibility index (Phi) is 3.10. The van der Waals surface area contributed by atoms with E-state index in [-0.39, 0.29) is 0 Å². The molecule has 0 aliphatic rings. The molecule has 0 fully saturated rings. The second kappa shape index (κ2) is 4.53. The Balaban J connectivity index is 2.50. The third-order valence-electron chi connectivity index (χ3n) is 2.31. The molecule has 16 heavy (non-hydrogen) atoms. The van der Waals surface area contributed by atoms with Crippen molar-refractivity contribution in [3.63, 3.8) is 0 Å². The summed E-state index contributed by atoms with van der Waals surface area (Å²) in [6.07, 6.45) is 3.37. The van der Waals surface area contributed by atoms with E-state index in [1.165, 1.54) is 0 Å². The van der Waals surface area contributed by atoms with E-state index in [1.807, 2.05) is 24.3 Å². The minimum absolute atomic E-state index is 0.666. The Morgan fingerprint density at radius 2 is 2.12 bits per heavy atom. The number of ether oxygens (including phenoxy) is 1. The van der Waals surface area contributed by atoms with Gasteiger partial charge in [-0.1, -0.05) is 6.07 Å². The molecule has 2 N–H and O–H groups in total. The third-order valence-corrected chi connectivity index (χ3v) is 2.93. The van der Waals surface area contributed by atoms with Crippen molar-refractivity contribution in [1.29, 1.82) is 0 Å². The minimum Gasteiger partial charge on any atom is -0.496 e. The number of benzene rings is 1. The van der Waals surface area contributed by atoms with E-state index in [2.05, 4.69) is 20.9 Å². The van der Waals surface area contributed by atoms with Crippen molar-refractivity contribution in [2.24, 2.45) is 0 Å². The lowest BCUT2D eigenvalue weighted by Crippen LogP contribution is -1.91. The number of nitrogens with two attached hydrogens (primary N) is 1. The maximum atomic E-state index is 5.86. The molecule has 0 spiro atoms. The van der Waals surface area contributed by atoms with Crippen LogP contribution in [0.4, 0.5) is 5.69 Å². The van der Waals surface area contributed by atoms with Gasteiger partial charge < -0.3 is 10.5 Å². The minimum atomic E-state index is 0.666. The molecule has 1 aromatic carbocycles. The number of rotatable bonds is 2. The zero-order valence-electron chi connectivity index (χ0n) is 8.77. The van der Waals surface area contributed by atoms with Gasteiger partial charge in [-0.25, -0.2) is 0 Å². The Hall–Kier alpha value is -1.55. The normalized spacial score (nSPS) is 10.1. The second-order valence-electron chi connectivity index (χ2n) is 3.31. The average molecular weight is 279 g/mol. The summed E-state index contributed by atoms with van der Waals surface area (Å²) in [6, 6.07) is 7.74. The van der Waals surface area contributed by atoms with Gasteiger partial charge in [0.05, 0.1) is 23.5 Å². The predicted molar refractivity (Wildman–Crippen MR) is 68.3 cm³/mol. The largest absolute Gasteiger partial charge is 0.496 e. The van der Waals surface area contributed by atoms with Gasteiger partial charge in [-0.3, -0.25) is 4.98 Å². The molecule has 1 heterocycles. The Bertz CT molecular complexity index is 514. The third kappa shape index (κ3) is 2.02. The molecule has 82 valence electrons. The molecule has 0 saturated carbocycles. The van der Waals surface area contributed by atoms with Crippen LogP contribution in [-0.2, 0) is 0 Å². The molecule has 0 saturated heterocycles. The van der Waals surface area contributed by atoms with Gasteiger partial charge in [0.15, 0.2) is 0 Å². The molecule has 2 rings (SSSR count). The first-order valence-corrected chi connectivity index (χ1v) is 5.55. The number of hydrogen-bond acceptors (Lipinski definition) is 3. The average Bonchev–Trinajstić information content (AvgIpc) is 2.29. The van der Waals surface area contributed by atoms with Gasteiger partial charge in [-0.2, -0.15) is 0 Å². The molecular formula is C12H11BrN2O. The first kappa shape index (κ1) is 11.0. The molecule has 3 nitrogen and oxygen atoms in total. The lowest BCUT2D eigenvalue weighted by atomic mass is 10.1. The highest BCUT2D eigenvalue weighted by molar-refractivity contribution is 9.10. The summed E-state index contributed by atoms with van der Waals surface area (Å²) in [7, 11) is 1.64. The van der Waals surface area contributed by atoms with Gasteiger partial charge in [0, 0.05) is 11.8 Å². The summed E-state index contributed by atoms with van der Waals surface area (Å²) in [4.78, 5) is 3.97. The highest BCUT2D eigenvalue weighted by Crippen LogP contribution is 2.32. The van der Waals surface area contributed by atoms with Crippen LogP contribution in [0.25, 0.3) is 11.1 Å². The monoisotopic (exact) mass is 278 g/mol. The first-order chi connectivity index (χ1) is 7.72. The maximum Gasteiger partial charge on any atom is 0.133 e. The Morgan fingerprint density at radius 3 is 2.75 bits per heavy atom. The smallest absolute Gasteiger partial charge is 0.133 e. The van der Waals surface area contributed by atoms with Gasteiger partial charge in [0.25, 0.3) is 0 Å². The summed E-state index contributed by atoms with van der Waals surface area (Å²) in [5.41, 5.74) is 8.54. The van der Waals surface area contributed by atoms with Crippen molar-refractivity contribution in [1.82, 2.24) is 4.98 Å². The van der Waals surface area contributed by atoms with Crippen LogP contribution in [0, 0.1) is 0 Å². The molecule has 0 aliphatic carbocycles. The Labute approximate surface area is 102 Å². The van der Waals surface area contributed by atoms with E-state index in [1.54, 1.807) is 19.5 Å². The van der Waals surface area contributed by atoms with E-state index in [0.29, 0.717) is 5.69 Å².